The highest BCUT2D eigenvalue weighted by Crippen LogP contribution is 2.50. The van der Waals surface area contributed by atoms with Gasteiger partial charge in [-0.2, -0.15) is 5.10 Å². The van der Waals surface area contributed by atoms with Gasteiger partial charge in [0.2, 0.25) is 0 Å². The van der Waals surface area contributed by atoms with Crippen LogP contribution in [0.1, 0.15) is 75.2 Å². The van der Waals surface area contributed by atoms with E-state index >= 15 is 0 Å². The Balaban J connectivity index is 1.52. The zero-order valence-electron chi connectivity index (χ0n) is 17.7. The van der Waals surface area contributed by atoms with Crippen molar-refractivity contribution >= 4 is 0 Å². The number of rotatable bonds is 6. The van der Waals surface area contributed by atoms with Crippen molar-refractivity contribution < 1.29 is 4.74 Å². The average Bonchev–Trinajstić information content (AvgIpc) is 3.29. The van der Waals surface area contributed by atoms with Gasteiger partial charge in [-0.05, 0) is 75.9 Å². The maximum atomic E-state index is 6.36. The fourth-order valence-electron chi connectivity index (χ4n) is 5.86. The van der Waals surface area contributed by atoms with E-state index in [-0.39, 0.29) is 5.60 Å². The number of nitrogens with zero attached hydrogens (tertiary/aromatic N) is 2. The van der Waals surface area contributed by atoms with E-state index in [1.807, 2.05) is 7.05 Å². The molecule has 1 unspecified atom stereocenters. The second-order valence-corrected chi connectivity index (χ2v) is 9.97. The second-order valence-electron chi connectivity index (χ2n) is 9.97. The van der Waals surface area contributed by atoms with Crippen LogP contribution in [0, 0.1) is 5.41 Å². The van der Waals surface area contributed by atoms with Gasteiger partial charge in [0.1, 0.15) is 0 Å². The van der Waals surface area contributed by atoms with Gasteiger partial charge in [0.05, 0.1) is 17.9 Å². The Labute approximate surface area is 164 Å². The number of nitrogens with one attached hydrogen (secondary N) is 2. The van der Waals surface area contributed by atoms with E-state index in [9.17, 15) is 0 Å². The molecule has 27 heavy (non-hydrogen) atoms. The minimum atomic E-state index is 0.163. The quantitative estimate of drug-likeness (QED) is 0.804. The first kappa shape index (κ1) is 19.4. The summed E-state index contributed by atoms with van der Waals surface area (Å²) in [6.07, 6.45) is 9.69. The first-order chi connectivity index (χ1) is 13.0. The molecule has 2 aliphatic heterocycles. The monoisotopic (exact) mass is 374 g/mol. The predicted molar refractivity (Wildman–Crippen MR) is 109 cm³/mol. The molecule has 152 valence electrons. The van der Waals surface area contributed by atoms with Crippen molar-refractivity contribution in [2.45, 2.75) is 89.3 Å². The third-order valence-electron chi connectivity index (χ3n) is 7.13. The van der Waals surface area contributed by atoms with E-state index in [1.54, 1.807) is 5.56 Å². The highest BCUT2D eigenvalue weighted by Gasteiger charge is 2.47. The molecule has 0 amide bonds. The molecule has 4 rings (SSSR count). The third-order valence-corrected chi connectivity index (χ3v) is 7.13. The van der Waals surface area contributed by atoms with Crippen molar-refractivity contribution in [3.8, 4) is 0 Å². The highest BCUT2D eigenvalue weighted by atomic mass is 16.5. The number of hydrogen-bond acceptors (Lipinski definition) is 4. The number of aryl methyl sites for hydroxylation is 1. The lowest BCUT2D eigenvalue weighted by atomic mass is 9.71. The molecule has 1 aromatic rings. The zero-order chi connectivity index (χ0) is 19.1. The maximum absolute atomic E-state index is 6.36. The van der Waals surface area contributed by atoms with E-state index in [1.165, 1.54) is 56.3 Å². The normalized spacial score (nSPS) is 30.7. The van der Waals surface area contributed by atoms with Crippen LogP contribution in [-0.2, 0) is 24.1 Å². The number of hydrogen-bond donors (Lipinski definition) is 2. The molecule has 1 saturated heterocycles. The standard InChI is InChI=1S/C22H38N4O/c1-21(2)14-22(27-15-21)9-7-16(8-10-22)20-18(12-17(24-4)13-23-3)25-26-11-5-6-19(20)26/h16-17,23-24H,5-15H2,1-4H3. The fourth-order valence-corrected chi connectivity index (χ4v) is 5.86. The van der Waals surface area contributed by atoms with E-state index in [2.05, 4.69) is 36.2 Å². The van der Waals surface area contributed by atoms with Crippen molar-refractivity contribution in [2.24, 2.45) is 5.41 Å². The lowest BCUT2D eigenvalue weighted by Crippen LogP contribution is -2.37. The minimum Gasteiger partial charge on any atom is -0.374 e. The lowest BCUT2D eigenvalue weighted by Gasteiger charge is -2.37. The van der Waals surface area contributed by atoms with Crippen molar-refractivity contribution in [2.75, 3.05) is 27.2 Å². The van der Waals surface area contributed by atoms with Gasteiger partial charge >= 0.3 is 0 Å². The molecule has 5 nitrogen and oxygen atoms in total. The van der Waals surface area contributed by atoms with Gasteiger partial charge in [-0.25, -0.2) is 0 Å². The van der Waals surface area contributed by atoms with Gasteiger partial charge in [-0.3, -0.25) is 4.68 Å². The Morgan fingerprint density at radius 1 is 1.26 bits per heavy atom. The number of ether oxygens (including phenoxy) is 1. The summed E-state index contributed by atoms with van der Waals surface area (Å²) < 4.78 is 8.68. The van der Waals surface area contributed by atoms with Gasteiger partial charge in [0, 0.05) is 31.2 Å². The summed E-state index contributed by atoms with van der Waals surface area (Å²) >= 11 is 0. The van der Waals surface area contributed by atoms with Crippen LogP contribution in [0.5, 0.6) is 0 Å². The molecule has 0 aromatic carbocycles. The molecule has 3 heterocycles. The molecular formula is C22H38N4O. The van der Waals surface area contributed by atoms with Gasteiger partial charge in [-0.1, -0.05) is 13.8 Å². The molecule has 1 saturated carbocycles. The number of likely N-dealkylation sites (N-methyl/N-ethyl adjacent to an activating group) is 2. The van der Waals surface area contributed by atoms with E-state index in [0.29, 0.717) is 17.4 Å². The highest BCUT2D eigenvalue weighted by molar-refractivity contribution is 5.33. The molecular weight excluding hydrogens is 336 g/mol. The first-order valence-corrected chi connectivity index (χ1v) is 11.0. The summed E-state index contributed by atoms with van der Waals surface area (Å²) in [5.74, 6) is 0.673. The van der Waals surface area contributed by atoms with Crippen LogP contribution in [0.15, 0.2) is 0 Å². The Morgan fingerprint density at radius 3 is 2.67 bits per heavy atom. The Bertz CT molecular complexity index is 658. The van der Waals surface area contributed by atoms with Crippen molar-refractivity contribution in [1.29, 1.82) is 0 Å². The largest absolute Gasteiger partial charge is 0.374 e. The van der Waals surface area contributed by atoms with Crippen LogP contribution in [0.2, 0.25) is 0 Å². The van der Waals surface area contributed by atoms with Crippen LogP contribution in [0.25, 0.3) is 0 Å². The summed E-state index contributed by atoms with van der Waals surface area (Å²) in [5, 5.41) is 11.8. The van der Waals surface area contributed by atoms with Gasteiger partial charge in [0.15, 0.2) is 0 Å². The van der Waals surface area contributed by atoms with Crippen LogP contribution in [0.3, 0.4) is 0 Å². The Morgan fingerprint density at radius 2 is 2.04 bits per heavy atom. The molecule has 5 heteroatoms. The first-order valence-electron chi connectivity index (χ1n) is 11.0. The Hall–Kier alpha value is -0.910. The molecule has 1 spiro atoms. The number of fused-ring (bicyclic) bond motifs is 1. The van der Waals surface area contributed by atoms with Gasteiger partial charge < -0.3 is 15.4 Å². The summed E-state index contributed by atoms with van der Waals surface area (Å²) in [6.45, 7) is 7.73. The minimum absolute atomic E-state index is 0.163. The fraction of sp³-hybridized carbons (Fsp3) is 0.864. The van der Waals surface area contributed by atoms with Crippen molar-refractivity contribution in [3.63, 3.8) is 0 Å². The molecule has 0 bridgehead atoms. The molecule has 2 N–H and O–H groups in total. The van der Waals surface area contributed by atoms with Crippen LogP contribution >= 0.6 is 0 Å². The molecule has 3 aliphatic rings. The number of aromatic nitrogens is 2. The van der Waals surface area contributed by atoms with Crippen LogP contribution in [-0.4, -0.2) is 48.7 Å². The van der Waals surface area contributed by atoms with E-state index in [4.69, 9.17) is 9.84 Å². The van der Waals surface area contributed by atoms with Crippen LogP contribution in [0.4, 0.5) is 0 Å². The molecule has 2 fully saturated rings. The smallest absolute Gasteiger partial charge is 0.0689 e. The summed E-state index contributed by atoms with van der Waals surface area (Å²) in [4.78, 5) is 0. The topological polar surface area (TPSA) is 51.1 Å². The molecule has 0 radical (unpaired) electrons. The van der Waals surface area contributed by atoms with E-state index < -0.39 is 0 Å². The molecule has 1 aromatic heterocycles. The zero-order valence-corrected chi connectivity index (χ0v) is 17.7. The van der Waals surface area contributed by atoms with Crippen LogP contribution < -0.4 is 10.6 Å². The molecule has 1 aliphatic carbocycles. The average molecular weight is 375 g/mol. The van der Waals surface area contributed by atoms with E-state index in [0.717, 1.165) is 26.1 Å². The summed E-state index contributed by atoms with van der Waals surface area (Å²) in [7, 11) is 4.09. The van der Waals surface area contributed by atoms with Gasteiger partial charge in [-0.15, -0.1) is 0 Å². The summed E-state index contributed by atoms with van der Waals surface area (Å²) in [6, 6.07) is 0.443. The lowest BCUT2D eigenvalue weighted by molar-refractivity contribution is -0.0294. The second kappa shape index (κ2) is 7.49. The van der Waals surface area contributed by atoms with Gasteiger partial charge in [0.25, 0.3) is 0 Å². The Kier molecular flexibility index (Phi) is 5.38. The predicted octanol–water partition coefficient (Wildman–Crippen LogP) is 3.02. The van der Waals surface area contributed by atoms with Crippen molar-refractivity contribution in [3.05, 3.63) is 17.0 Å². The SMILES string of the molecule is CNCC(Cc1nn2c(c1C1CCC3(CC1)CC(C)(C)CO3)CCC2)NC. The van der Waals surface area contributed by atoms with Crippen molar-refractivity contribution in [1.82, 2.24) is 20.4 Å². The summed E-state index contributed by atoms with van der Waals surface area (Å²) in [5.41, 5.74) is 5.02. The molecule has 1 atom stereocenters. The maximum Gasteiger partial charge on any atom is 0.0689 e. The third kappa shape index (κ3) is 3.83.